The summed E-state index contributed by atoms with van der Waals surface area (Å²) in [5, 5.41) is 12.3. The smallest absolute Gasteiger partial charge is 0.321 e. The summed E-state index contributed by atoms with van der Waals surface area (Å²) in [7, 11) is 0. The van der Waals surface area contributed by atoms with E-state index < -0.39 is 18.0 Å². The van der Waals surface area contributed by atoms with E-state index in [2.05, 4.69) is 20.8 Å². The number of rotatable bonds is 6. The summed E-state index contributed by atoms with van der Waals surface area (Å²) >= 11 is 0. The molecule has 2 N–H and O–H groups in total. The topological polar surface area (TPSA) is 106 Å². The maximum absolute atomic E-state index is 12.1. The van der Waals surface area contributed by atoms with Crippen LogP contribution in [0.5, 0.6) is 5.75 Å². The van der Waals surface area contributed by atoms with E-state index >= 15 is 0 Å². The van der Waals surface area contributed by atoms with Gasteiger partial charge in [-0.25, -0.2) is 4.79 Å². The highest BCUT2D eigenvalue weighted by Gasteiger charge is 2.17. The zero-order valence-corrected chi connectivity index (χ0v) is 14.6. The van der Waals surface area contributed by atoms with Crippen molar-refractivity contribution in [2.45, 2.75) is 19.6 Å². The molecule has 0 aliphatic carbocycles. The predicted molar refractivity (Wildman–Crippen MR) is 96.6 cm³/mol. The Morgan fingerprint density at radius 1 is 1.11 bits per heavy atom. The Hall–Kier alpha value is -3.68. The molecule has 0 fully saturated rings. The van der Waals surface area contributed by atoms with Crippen LogP contribution in [0.15, 0.2) is 65.4 Å². The lowest BCUT2D eigenvalue weighted by atomic mass is 10.2. The molecule has 0 spiro atoms. The molecule has 8 heteroatoms. The first-order chi connectivity index (χ1) is 13.1. The summed E-state index contributed by atoms with van der Waals surface area (Å²) in [5.74, 6) is 0.328. The lowest BCUT2D eigenvalue weighted by Gasteiger charge is -2.14. The van der Waals surface area contributed by atoms with Crippen molar-refractivity contribution in [2.75, 3.05) is 0 Å². The number of urea groups is 1. The van der Waals surface area contributed by atoms with E-state index in [1.807, 2.05) is 30.3 Å². The molecule has 8 nitrogen and oxygen atoms in total. The average Bonchev–Trinajstić information content (AvgIpc) is 3.22. The predicted octanol–water partition coefficient (Wildman–Crippen LogP) is 2.53. The molecule has 0 aliphatic heterocycles. The van der Waals surface area contributed by atoms with Gasteiger partial charge in [-0.15, -0.1) is 10.2 Å². The third kappa shape index (κ3) is 5.15. The van der Waals surface area contributed by atoms with Crippen LogP contribution in [0.25, 0.3) is 11.5 Å². The number of nitrogens with one attached hydrogen (secondary N) is 2. The van der Waals surface area contributed by atoms with Crippen molar-refractivity contribution in [3.8, 4) is 17.2 Å². The van der Waals surface area contributed by atoms with E-state index in [-0.39, 0.29) is 0 Å². The van der Waals surface area contributed by atoms with Gasteiger partial charge < -0.3 is 14.5 Å². The van der Waals surface area contributed by atoms with Crippen LogP contribution in [0.2, 0.25) is 0 Å². The monoisotopic (exact) mass is 366 g/mol. The molecule has 0 saturated carbocycles. The van der Waals surface area contributed by atoms with Crippen LogP contribution in [0.1, 0.15) is 12.5 Å². The highest BCUT2D eigenvalue weighted by molar-refractivity contribution is 5.96. The zero-order chi connectivity index (χ0) is 19.1. The fourth-order valence-corrected chi connectivity index (χ4v) is 2.27. The maximum atomic E-state index is 12.1. The Morgan fingerprint density at radius 3 is 2.52 bits per heavy atom. The van der Waals surface area contributed by atoms with Gasteiger partial charge in [-0.05, 0) is 36.8 Å². The number of aromatic nitrogens is 2. The molecule has 3 rings (SSSR count). The van der Waals surface area contributed by atoms with Gasteiger partial charge >= 0.3 is 6.03 Å². The van der Waals surface area contributed by atoms with Gasteiger partial charge in [-0.2, -0.15) is 0 Å². The van der Waals surface area contributed by atoms with Crippen LogP contribution in [0.4, 0.5) is 4.79 Å². The van der Waals surface area contributed by atoms with Gasteiger partial charge in [0, 0.05) is 12.1 Å². The fourth-order valence-electron chi connectivity index (χ4n) is 2.27. The minimum absolute atomic E-state index is 0.326. The molecule has 1 atom stereocenters. The molecule has 0 radical (unpaired) electrons. The number of carbonyl (C=O) groups is 2. The lowest BCUT2D eigenvalue weighted by Crippen LogP contribution is -2.44. The molecule has 138 valence electrons. The zero-order valence-electron chi connectivity index (χ0n) is 14.6. The average molecular weight is 366 g/mol. The summed E-state index contributed by atoms with van der Waals surface area (Å²) < 4.78 is 10.7. The van der Waals surface area contributed by atoms with Crippen LogP contribution < -0.4 is 15.4 Å². The van der Waals surface area contributed by atoms with Gasteiger partial charge in [0.25, 0.3) is 5.91 Å². The molecule has 27 heavy (non-hydrogen) atoms. The number of amides is 3. The molecular formula is C19H18N4O4. The number of hydrogen-bond acceptors (Lipinski definition) is 6. The van der Waals surface area contributed by atoms with E-state index in [0.29, 0.717) is 18.2 Å². The van der Waals surface area contributed by atoms with Crippen LogP contribution in [0.3, 0.4) is 0 Å². The highest BCUT2D eigenvalue weighted by atomic mass is 16.5. The molecule has 1 heterocycles. The van der Waals surface area contributed by atoms with Gasteiger partial charge in [0.2, 0.25) is 12.3 Å². The highest BCUT2D eigenvalue weighted by Crippen LogP contribution is 2.20. The van der Waals surface area contributed by atoms with E-state index in [1.165, 1.54) is 6.39 Å². The van der Waals surface area contributed by atoms with Crippen LogP contribution in [-0.4, -0.2) is 28.2 Å². The second-order valence-electron chi connectivity index (χ2n) is 5.69. The van der Waals surface area contributed by atoms with E-state index in [4.69, 9.17) is 9.15 Å². The Kier molecular flexibility index (Phi) is 5.78. The molecule has 3 aromatic rings. The van der Waals surface area contributed by atoms with E-state index in [9.17, 15) is 9.59 Å². The SMILES string of the molecule is C[C@H](Oc1ccc(-c2nnco2)cc1)C(=O)NC(=O)NCc1ccccc1. The van der Waals surface area contributed by atoms with E-state index in [1.54, 1.807) is 31.2 Å². The van der Waals surface area contributed by atoms with Gasteiger partial charge in [0.15, 0.2) is 6.10 Å². The quantitative estimate of drug-likeness (QED) is 0.694. The first kappa shape index (κ1) is 18.1. The number of ether oxygens (including phenoxy) is 1. The first-order valence-corrected chi connectivity index (χ1v) is 8.27. The van der Waals surface area contributed by atoms with Crippen molar-refractivity contribution >= 4 is 11.9 Å². The Balaban J connectivity index is 1.47. The molecule has 0 aliphatic rings. The van der Waals surface area contributed by atoms with Crippen LogP contribution in [0, 0.1) is 0 Å². The third-order valence-corrected chi connectivity index (χ3v) is 3.68. The Bertz CT molecular complexity index is 880. The first-order valence-electron chi connectivity index (χ1n) is 8.27. The molecule has 0 saturated heterocycles. The number of carbonyl (C=O) groups excluding carboxylic acids is 2. The lowest BCUT2D eigenvalue weighted by molar-refractivity contribution is -0.126. The minimum atomic E-state index is -0.846. The molecule has 2 aromatic carbocycles. The van der Waals surface area contributed by atoms with Gasteiger partial charge in [-0.3, -0.25) is 10.1 Å². The van der Waals surface area contributed by atoms with Crippen molar-refractivity contribution in [1.82, 2.24) is 20.8 Å². The van der Waals surface area contributed by atoms with Crippen molar-refractivity contribution in [3.63, 3.8) is 0 Å². The Morgan fingerprint density at radius 2 is 1.85 bits per heavy atom. The standard InChI is InChI=1S/C19H18N4O4/c1-13(17(24)22-19(25)20-11-14-5-3-2-4-6-14)27-16-9-7-15(8-10-16)18-23-21-12-26-18/h2-10,12-13H,11H2,1H3,(H2,20,22,24,25)/t13-/m0/s1. The van der Waals surface area contributed by atoms with Gasteiger partial charge in [0.05, 0.1) is 0 Å². The van der Waals surface area contributed by atoms with E-state index in [0.717, 1.165) is 11.1 Å². The molecule has 0 unspecified atom stereocenters. The molecule has 1 aromatic heterocycles. The third-order valence-electron chi connectivity index (χ3n) is 3.68. The normalized spacial score (nSPS) is 11.4. The van der Waals surface area contributed by atoms with Crippen LogP contribution >= 0.6 is 0 Å². The summed E-state index contributed by atoms with van der Waals surface area (Å²) in [4.78, 5) is 23.9. The van der Waals surface area contributed by atoms with Crippen molar-refractivity contribution in [2.24, 2.45) is 0 Å². The fraction of sp³-hybridized carbons (Fsp3) is 0.158. The number of hydrogen-bond donors (Lipinski definition) is 2. The van der Waals surface area contributed by atoms with Crippen molar-refractivity contribution < 1.29 is 18.7 Å². The Labute approximate surface area is 155 Å². The minimum Gasteiger partial charge on any atom is -0.481 e. The second kappa shape index (κ2) is 8.61. The summed E-state index contributed by atoms with van der Waals surface area (Å²) in [6.07, 6.45) is 0.399. The summed E-state index contributed by atoms with van der Waals surface area (Å²) in [6.45, 7) is 1.89. The second-order valence-corrected chi connectivity index (χ2v) is 5.69. The van der Waals surface area contributed by atoms with Crippen molar-refractivity contribution in [3.05, 3.63) is 66.6 Å². The summed E-state index contributed by atoms with van der Waals surface area (Å²) in [5.41, 5.74) is 1.67. The van der Waals surface area contributed by atoms with Gasteiger partial charge in [-0.1, -0.05) is 30.3 Å². The van der Waals surface area contributed by atoms with Gasteiger partial charge in [0.1, 0.15) is 5.75 Å². The largest absolute Gasteiger partial charge is 0.481 e. The number of imide groups is 1. The molecule has 3 amide bonds. The van der Waals surface area contributed by atoms with Crippen LogP contribution in [-0.2, 0) is 11.3 Å². The van der Waals surface area contributed by atoms with Crippen molar-refractivity contribution in [1.29, 1.82) is 0 Å². The molecule has 0 bridgehead atoms. The number of benzene rings is 2. The maximum Gasteiger partial charge on any atom is 0.321 e. The summed E-state index contributed by atoms with van der Waals surface area (Å²) in [6, 6.07) is 15.7. The number of nitrogens with zero attached hydrogens (tertiary/aromatic N) is 2. The molecular weight excluding hydrogens is 348 g/mol.